The second-order valence-electron chi connectivity index (χ2n) is 2.59. The zero-order chi connectivity index (χ0) is 10.0. The second-order valence-corrected chi connectivity index (χ2v) is 2.97. The monoisotopic (exact) mass is 200 g/mol. The van der Waals surface area contributed by atoms with Gasteiger partial charge in [0.2, 0.25) is 0 Å². The molecule has 0 saturated heterocycles. The van der Waals surface area contributed by atoms with Crippen molar-refractivity contribution >= 4 is 17.6 Å². The van der Waals surface area contributed by atoms with Gasteiger partial charge in [0.25, 0.3) is 0 Å². The van der Waals surface area contributed by atoms with Gasteiger partial charge < -0.3 is 10.2 Å². The number of halogens is 1. The summed E-state index contributed by atoms with van der Waals surface area (Å²) >= 11 is 5.64. The summed E-state index contributed by atoms with van der Waals surface area (Å²) in [4.78, 5) is 10.6. The van der Waals surface area contributed by atoms with Crippen LogP contribution in [0.25, 0.3) is 0 Å². The van der Waals surface area contributed by atoms with Crippen LogP contribution in [0.5, 0.6) is 5.75 Å². The summed E-state index contributed by atoms with van der Waals surface area (Å²) in [5, 5.41) is 18.0. The Morgan fingerprint density at radius 1 is 1.54 bits per heavy atom. The molecule has 1 rings (SSSR count). The SMILES string of the molecule is CCc1ccc(C(=O)O)c(Cl)c1O. The third-order valence-electron chi connectivity index (χ3n) is 1.81. The van der Waals surface area contributed by atoms with Crippen molar-refractivity contribution in [2.45, 2.75) is 13.3 Å². The molecule has 0 fully saturated rings. The third-order valence-corrected chi connectivity index (χ3v) is 2.19. The highest BCUT2D eigenvalue weighted by atomic mass is 35.5. The highest BCUT2D eigenvalue weighted by molar-refractivity contribution is 6.35. The largest absolute Gasteiger partial charge is 0.506 e. The van der Waals surface area contributed by atoms with Crippen LogP contribution in [-0.2, 0) is 6.42 Å². The van der Waals surface area contributed by atoms with E-state index in [9.17, 15) is 9.90 Å². The van der Waals surface area contributed by atoms with Gasteiger partial charge in [-0.1, -0.05) is 24.6 Å². The maximum Gasteiger partial charge on any atom is 0.337 e. The fourth-order valence-corrected chi connectivity index (χ4v) is 1.32. The van der Waals surface area contributed by atoms with Gasteiger partial charge >= 0.3 is 5.97 Å². The first kappa shape index (κ1) is 9.86. The molecular weight excluding hydrogens is 192 g/mol. The minimum absolute atomic E-state index is 0.0728. The zero-order valence-electron chi connectivity index (χ0n) is 7.04. The van der Waals surface area contributed by atoms with Crippen LogP contribution in [-0.4, -0.2) is 16.2 Å². The average Bonchev–Trinajstić information content (AvgIpc) is 2.09. The van der Waals surface area contributed by atoms with E-state index in [1.165, 1.54) is 6.07 Å². The number of phenolic OH excluding ortho intramolecular Hbond substituents is 1. The summed E-state index contributed by atoms with van der Waals surface area (Å²) < 4.78 is 0. The van der Waals surface area contributed by atoms with Crippen LogP contribution in [0, 0.1) is 0 Å². The van der Waals surface area contributed by atoms with Crippen LogP contribution in [0.4, 0.5) is 0 Å². The molecule has 0 aliphatic heterocycles. The lowest BCUT2D eigenvalue weighted by molar-refractivity contribution is 0.0696. The lowest BCUT2D eigenvalue weighted by Gasteiger charge is -2.05. The van der Waals surface area contributed by atoms with Crippen LogP contribution >= 0.6 is 11.6 Å². The van der Waals surface area contributed by atoms with Crippen LogP contribution in [0.2, 0.25) is 5.02 Å². The number of hydrogen-bond acceptors (Lipinski definition) is 2. The van der Waals surface area contributed by atoms with Gasteiger partial charge in [-0.05, 0) is 18.1 Å². The Labute approximate surface area is 80.6 Å². The average molecular weight is 201 g/mol. The fraction of sp³-hybridized carbons (Fsp3) is 0.222. The van der Waals surface area contributed by atoms with E-state index in [4.69, 9.17) is 16.7 Å². The first-order chi connectivity index (χ1) is 6.07. The predicted octanol–water partition coefficient (Wildman–Crippen LogP) is 2.31. The summed E-state index contributed by atoms with van der Waals surface area (Å²) in [6, 6.07) is 2.95. The Hall–Kier alpha value is -1.22. The molecule has 0 spiro atoms. The number of hydrogen-bond donors (Lipinski definition) is 2. The first-order valence-corrected chi connectivity index (χ1v) is 4.19. The normalized spacial score (nSPS) is 10.0. The van der Waals surface area contributed by atoms with Crippen molar-refractivity contribution in [3.05, 3.63) is 28.3 Å². The minimum Gasteiger partial charge on any atom is -0.506 e. The molecule has 0 unspecified atom stereocenters. The van der Waals surface area contributed by atoms with Gasteiger partial charge in [0.1, 0.15) is 5.75 Å². The molecule has 2 N–H and O–H groups in total. The van der Waals surface area contributed by atoms with Gasteiger partial charge in [0.15, 0.2) is 0 Å². The van der Waals surface area contributed by atoms with Crippen molar-refractivity contribution in [2.75, 3.05) is 0 Å². The maximum atomic E-state index is 10.6. The van der Waals surface area contributed by atoms with Gasteiger partial charge in [0, 0.05) is 0 Å². The Bertz CT molecular complexity index is 347. The van der Waals surface area contributed by atoms with Crippen LogP contribution < -0.4 is 0 Å². The quantitative estimate of drug-likeness (QED) is 0.770. The highest BCUT2D eigenvalue weighted by Crippen LogP contribution is 2.31. The molecule has 0 bridgehead atoms. The van der Waals surface area contributed by atoms with Crippen molar-refractivity contribution in [1.29, 1.82) is 0 Å². The Balaban J connectivity index is 3.31. The number of phenols is 1. The lowest BCUT2D eigenvalue weighted by Crippen LogP contribution is -1.98. The molecule has 0 aliphatic rings. The Morgan fingerprint density at radius 3 is 2.62 bits per heavy atom. The van der Waals surface area contributed by atoms with E-state index in [1.54, 1.807) is 6.07 Å². The minimum atomic E-state index is -1.14. The van der Waals surface area contributed by atoms with E-state index < -0.39 is 5.97 Å². The van der Waals surface area contributed by atoms with Crippen LogP contribution in [0.15, 0.2) is 12.1 Å². The van der Waals surface area contributed by atoms with Crippen LogP contribution in [0.1, 0.15) is 22.8 Å². The molecule has 1 aromatic rings. The number of carbonyl (C=O) groups is 1. The zero-order valence-corrected chi connectivity index (χ0v) is 7.80. The molecule has 3 nitrogen and oxygen atoms in total. The van der Waals surface area contributed by atoms with Gasteiger partial charge in [-0.2, -0.15) is 0 Å². The number of carboxylic acids is 1. The van der Waals surface area contributed by atoms with Crippen molar-refractivity contribution < 1.29 is 15.0 Å². The second kappa shape index (κ2) is 3.66. The molecular formula is C9H9ClO3. The van der Waals surface area contributed by atoms with E-state index in [1.807, 2.05) is 6.92 Å². The number of rotatable bonds is 2. The number of aromatic carboxylic acids is 1. The number of aryl methyl sites for hydroxylation is 1. The summed E-state index contributed by atoms with van der Waals surface area (Å²) in [7, 11) is 0. The predicted molar refractivity (Wildman–Crippen MR) is 49.5 cm³/mol. The van der Waals surface area contributed by atoms with E-state index in [0.29, 0.717) is 12.0 Å². The number of benzene rings is 1. The summed E-state index contributed by atoms with van der Waals surface area (Å²) in [5.41, 5.74) is 0.575. The maximum absolute atomic E-state index is 10.6. The molecule has 0 aromatic heterocycles. The molecule has 0 atom stereocenters. The molecule has 1 aromatic carbocycles. The molecule has 70 valence electrons. The van der Waals surface area contributed by atoms with E-state index in [0.717, 1.165) is 0 Å². The van der Waals surface area contributed by atoms with E-state index in [-0.39, 0.29) is 16.3 Å². The van der Waals surface area contributed by atoms with Crippen molar-refractivity contribution in [3.8, 4) is 5.75 Å². The Kier molecular flexibility index (Phi) is 2.78. The van der Waals surface area contributed by atoms with Gasteiger partial charge in [0.05, 0.1) is 10.6 Å². The molecule has 0 heterocycles. The van der Waals surface area contributed by atoms with Crippen LogP contribution in [0.3, 0.4) is 0 Å². The first-order valence-electron chi connectivity index (χ1n) is 3.81. The molecule has 0 saturated carbocycles. The topological polar surface area (TPSA) is 57.5 Å². The molecule has 13 heavy (non-hydrogen) atoms. The van der Waals surface area contributed by atoms with Crippen molar-refractivity contribution in [2.24, 2.45) is 0 Å². The summed E-state index contributed by atoms with van der Waals surface area (Å²) in [6.45, 7) is 1.85. The number of aromatic hydroxyl groups is 1. The van der Waals surface area contributed by atoms with E-state index in [2.05, 4.69) is 0 Å². The van der Waals surface area contributed by atoms with Gasteiger partial charge in [-0.25, -0.2) is 4.79 Å². The molecule has 4 heteroatoms. The summed E-state index contributed by atoms with van der Waals surface area (Å²) in [6.07, 6.45) is 0.617. The highest BCUT2D eigenvalue weighted by Gasteiger charge is 2.14. The third kappa shape index (κ3) is 1.75. The molecule has 0 radical (unpaired) electrons. The van der Waals surface area contributed by atoms with Crippen molar-refractivity contribution in [1.82, 2.24) is 0 Å². The van der Waals surface area contributed by atoms with Gasteiger partial charge in [-0.15, -0.1) is 0 Å². The standard InChI is InChI=1S/C9H9ClO3/c1-2-5-3-4-6(9(12)13)7(10)8(5)11/h3-4,11H,2H2,1H3,(H,12,13). The fourth-order valence-electron chi connectivity index (χ4n) is 1.06. The molecule has 0 amide bonds. The number of carboxylic acid groups (broad SMARTS) is 1. The van der Waals surface area contributed by atoms with E-state index >= 15 is 0 Å². The Morgan fingerprint density at radius 2 is 2.15 bits per heavy atom. The molecule has 0 aliphatic carbocycles. The van der Waals surface area contributed by atoms with Gasteiger partial charge in [-0.3, -0.25) is 0 Å². The lowest BCUT2D eigenvalue weighted by atomic mass is 10.1. The smallest absolute Gasteiger partial charge is 0.337 e. The van der Waals surface area contributed by atoms with Crippen molar-refractivity contribution in [3.63, 3.8) is 0 Å². The summed E-state index contributed by atoms with van der Waals surface area (Å²) in [5.74, 6) is -1.27.